The standard InChI is InChI=1S/C11H18N2O4S/c1-18(15,16)12-5-9-10(6-12)17-7-11(14)13(9)4-8-2-3-8/h8-10H,2-7H2,1H3/t9-,10+/m1/s1. The predicted molar refractivity (Wildman–Crippen MR) is 64.4 cm³/mol. The van der Waals surface area contributed by atoms with Crippen molar-refractivity contribution in [3.63, 3.8) is 0 Å². The van der Waals surface area contributed by atoms with Crippen molar-refractivity contribution in [2.45, 2.75) is 25.0 Å². The van der Waals surface area contributed by atoms with Gasteiger partial charge in [-0.05, 0) is 18.8 Å². The molecule has 3 aliphatic rings. The Morgan fingerprint density at radius 2 is 2.06 bits per heavy atom. The predicted octanol–water partition coefficient (Wildman–Crippen LogP) is -0.732. The molecule has 0 N–H and O–H groups in total. The van der Waals surface area contributed by atoms with Crippen molar-refractivity contribution in [3.8, 4) is 0 Å². The number of nitrogens with zero attached hydrogens (tertiary/aromatic N) is 2. The van der Waals surface area contributed by atoms with Crippen LogP contribution in [0.2, 0.25) is 0 Å². The number of ether oxygens (including phenoxy) is 1. The Hall–Kier alpha value is -0.660. The van der Waals surface area contributed by atoms with Crippen LogP contribution in [0.1, 0.15) is 12.8 Å². The molecule has 6 nitrogen and oxygen atoms in total. The molecule has 0 bridgehead atoms. The van der Waals surface area contributed by atoms with Crippen molar-refractivity contribution in [2.24, 2.45) is 5.92 Å². The van der Waals surface area contributed by atoms with E-state index in [-0.39, 0.29) is 24.7 Å². The minimum absolute atomic E-state index is 0.00139. The van der Waals surface area contributed by atoms with Crippen LogP contribution in [0.5, 0.6) is 0 Å². The van der Waals surface area contributed by atoms with Crippen LogP contribution in [0, 0.1) is 5.92 Å². The number of morpholine rings is 1. The van der Waals surface area contributed by atoms with E-state index in [0.717, 1.165) is 6.54 Å². The van der Waals surface area contributed by atoms with Gasteiger partial charge >= 0.3 is 0 Å². The topological polar surface area (TPSA) is 66.9 Å². The van der Waals surface area contributed by atoms with Crippen molar-refractivity contribution in [1.82, 2.24) is 9.21 Å². The number of rotatable bonds is 3. The molecule has 0 aromatic rings. The second-order valence-corrected chi connectivity index (χ2v) is 7.47. The normalized spacial score (nSPS) is 33.8. The van der Waals surface area contributed by atoms with E-state index in [2.05, 4.69) is 0 Å². The van der Waals surface area contributed by atoms with Crippen LogP contribution in [-0.4, -0.2) is 68.2 Å². The molecule has 0 aromatic carbocycles. The number of carbonyl (C=O) groups excluding carboxylic acids is 1. The van der Waals surface area contributed by atoms with E-state index in [1.807, 2.05) is 4.90 Å². The zero-order chi connectivity index (χ0) is 12.9. The van der Waals surface area contributed by atoms with Gasteiger partial charge in [0.15, 0.2) is 0 Å². The molecule has 3 fully saturated rings. The first-order chi connectivity index (χ1) is 8.45. The Labute approximate surface area is 107 Å². The first kappa shape index (κ1) is 12.4. The van der Waals surface area contributed by atoms with Crippen molar-refractivity contribution in [2.75, 3.05) is 32.5 Å². The summed E-state index contributed by atoms with van der Waals surface area (Å²) in [5.74, 6) is 0.610. The molecule has 102 valence electrons. The molecule has 2 aliphatic heterocycles. The Balaban J connectivity index is 1.76. The summed E-state index contributed by atoms with van der Waals surface area (Å²) >= 11 is 0. The molecule has 0 radical (unpaired) electrons. The second-order valence-electron chi connectivity index (χ2n) is 5.49. The number of hydrogen-bond acceptors (Lipinski definition) is 4. The Bertz CT molecular complexity index is 460. The van der Waals surface area contributed by atoms with Crippen molar-refractivity contribution in [1.29, 1.82) is 0 Å². The molecule has 3 rings (SSSR count). The third-order valence-corrected chi connectivity index (χ3v) is 5.20. The first-order valence-corrected chi connectivity index (χ1v) is 8.16. The quantitative estimate of drug-likeness (QED) is 0.680. The maximum absolute atomic E-state index is 11.9. The summed E-state index contributed by atoms with van der Waals surface area (Å²) in [6, 6.07) is -0.0958. The van der Waals surface area contributed by atoms with Gasteiger partial charge in [0.2, 0.25) is 15.9 Å². The van der Waals surface area contributed by atoms with Gasteiger partial charge in [-0.15, -0.1) is 0 Å². The van der Waals surface area contributed by atoms with E-state index in [1.54, 1.807) is 0 Å². The van der Waals surface area contributed by atoms with Crippen molar-refractivity contribution >= 4 is 15.9 Å². The lowest BCUT2D eigenvalue weighted by molar-refractivity contribution is -0.153. The summed E-state index contributed by atoms with van der Waals surface area (Å²) in [6.45, 7) is 1.60. The lowest BCUT2D eigenvalue weighted by Gasteiger charge is -2.36. The van der Waals surface area contributed by atoms with Gasteiger partial charge in [0.25, 0.3) is 0 Å². The summed E-state index contributed by atoms with van der Waals surface area (Å²) in [7, 11) is -3.20. The van der Waals surface area contributed by atoms with Gasteiger partial charge in [0.1, 0.15) is 6.61 Å². The van der Waals surface area contributed by atoms with Gasteiger partial charge in [-0.1, -0.05) is 0 Å². The highest BCUT2D eigenvalue weighted by Crippen LogP contribution is 2.33. The number of fused-ring (bicyclic) bond motifs is 1. The molecule has 7 heteroatoms. The monoisotopic (exact) mass is 274 g/mol. The maximum Gasteiger partial charge on any atom is 0.248 e. The van der Waals surface area contributed by atoms with Crippen LogP contribution in [0.3, 0.4) is 0 Å². The van der Waals surface area contributed by atoms with Gasteiger partial charge in [-0.25, -0.2) is 8.42 Å². The third kappa shape index (κ3) is 2.26. The van der Waals surface area contributed by atoms with Crippen molar-refractivity contribution < 1.29 is 17.9 Å². The minimum atomic E-state index is -3.20. The third-order valence-electron chi connectivity index (χ3n) is 3.97. The Morgan fingerprint density at radius 1 is 1.33 bits per heavy atom. The largest absolute Gasteiger partial charge is 0.365 e. The average Bonchev–Trinajstić information content (AvgIpc) is 2.97. The van der Waals surface area contributed by atoms with Gasteiger partial charge in [0, 0.05) is 19.6 Å². The van der Waals surface area contributed by atoms with Gasteiger partial charge in [0.05, 0.1) is 18.4 Å². The fourth-order valence-electron chi connectivity index (χ4n) is 2.72. The van der Waals surface area contributed by atoms with Gasteiger partial charge < -0.3 is 9.64 Å². The molecule has 2 saturated heterocycles. The average molecular weight is 274 g/mol. The molecule has 0 spiro atoms. The molecule has 2 atom stereocenters. The molecule has 1 saturated carbocycles. The molecular formula is C11H18N2O4S. The fourth-order valence-corrected chi connectivity index (χ4v) is 3.56. The number of amides is 1. The molecule has 0 unspecified atom stereocenters. The molecular weight excluding hydrogens is 256 g/mol. The lowest BCUT2D eigenvalue weighted by atomic mass is 10.1. The highest BCUT2D eigenvalue weighted by atomic mass is 32.2. The van der Waals surface area contributed by atoms with Crippen LogP contribution in [-0.2, 0) is 19.6 Å². The second kappa shape index (κ2) is 4.18. The van der Waals surface area contributed by atoms with E-state index in [4.69, 9.17) is 4.74 Å². The van der Waals surface area contributed by atoms with E-state index >= 15 is 0 Å². The molecule has 2 heterocycles. The number of sulfonamides is 1. The summed E-state index contributed by atoms with van der Waals surface area (Å²) in [5, 5.41) is 0. The van der Waals surface area contributed by atoms with Gasteiger partial charge in [-0.2, -0.15) is 4.31 Å². The smallest absolute Gasteiger partial charge is 0.248 e. The summed E-state index contributed by atoms with van der Waals surface area (Å²) < 4.78 is 30.0. The van der Waals surface area contributed by atoms with E-state index < -0.39 is 10.0 Å². The van der Waals surface area contributed by atoms with Crippen LogP contribution in [0.4, 0.5) is 0 Å². The van der Waals surface area contributed by atoms with Crippen LogP contribution in [0.15, 0.2) is 0 Å². The van der Waals surface area contributed by atoms with Crippen molar-refractivity contribution in [3.05, 3.63) is 0 Å². The van der Waals surface area contributed by atoms with Crippen LogP contribution in [0.25, 0.3) is 0 Å². The zero-order valence-electron chi connectivity index (χ0n) is 10.4. The highest BCUT2D eigenvalue weighted by molar-refractivity contribution is 7.88. The summed E-state index contributed by atoms with van der Waals surface area (Å²) in [5.41, 5.74) is 0. The first-order valence-electron chi connectivity index (χ1n) is 6.31. The minimum Gasteiger partial charge on any atom is -0.365 e. The Morgan fingerprint density at radius 3 is 2.67 bits per heavy atom. The number of carbonyl (C=O) groups is 1. The fraction of sp³-hybridized carbons (Fsp3) is 0.909. The van der Waals surface area contributed by atoms with Crippen LogP contribution < -0.4 is 0 Å². The van der Waals surface area contributed by atoms with Crippen LogP contribution >= 0.6 is 0 Å². The van der Waals surface area contributed by atoms with Gasteiger partial charge in [-0.3, -0.25) is 4.79 Å². The summed E-state index contributed by atoms with van der Waals surface area (Å²) in [6.07, 6.45) is 3.41. The van der Waals surface area contributed by atoms with E-state index in [9.17, 15) is 13.2 Å². The molecule has 0 aromatic heterocycles. The Kier molecular flexibility index (Phi) is 2.87. The molecule has 1 amide bonds. The maximum atomic E-state index is 11.9. The lowest BCUT2D eigenvalue weighted by Crippen LogP contribution is -2.54. The molecule has 1 aliphatic carbocycles. The highest BCUT2D eigenvalue weighted by Gasteiger charge is 2.46. The molecule has 18 heavy (non-hydrogen) atoms. The summed E-state index contributed by atoms with van der Waals surface area (Å²) in [4.78, 5) is 13.7. The number of hydrogen-bond donors (Lipinski definition) is 0. The zero-order valence-corrected chi connectivity index (χ0v) is 11.2. The SMILES string of the molecule is CS(=O)(=O)N1C[C@@H]2OCC(=O)N(CC3CC3)[C@@H]2C1. The van der Waals surface area contributed by atoms with E-state index in [1.165, 1.54) is 23.4 Å². The van der Waals surface area contributed by atoms with E-state index in [0.29, 0.717) is 19.0 Å².